The Labute approximate surface area is 174 Å². The minimum Gasteiger partial charge on any atom is -0.487 e. The van der Waals surface area contributed by atoms with Crippen molar-refractivity contribution in [1.82, 2.24) is 14.7 Å². The van der Waals surface area contributed by atoms with Crippen molar-refractivity contribution in [2.75, 3.05) is 7.05 Å². The molecular weight excluding hydrogens is 397 g/mol. The van der Waals surface area contributed by atoms with Gasteiger partial charge in [-0.3, -0.25) is 9.48 Å². The van der Waals surface area contributed by atoms with Crippen molar-refractivity contribution in [1.29, 1.82) is 0 Å². The third-order valence-corrected chi connectivity index (χ3v) is 5.14. The van der Waals surface area contributed by atoms with E-state index in [0.717, 1.165) is 17.8 Å². The molecule has 0 unspecified atom stereocenters. The minimum absolute atomic E-state index is 0.0634. The van der Waals surface area contributed by atoms with E-state index in [1.165, 1.54) is 0 Å². The van der Waals surface area contributed by atoms with Crippen LogP contribution >= 0.6 is 23.2 Å². The average molecular weight is 418 g/mol. The molecule has 28 heavy (non-hydrogen) atoms. The Morgan fingerprint density at radius 1 is 1.18 bits per heavy atom. The largest absolute Gasteiger partial charge is 0.487 e. The molecule has 0 saturated carbocycles. The van der Waals surface area contributed by atoms with Crippen molar-refractivity contribution in [3.8, 4) is 5.75 Å². The van der Waals surface area contributed by atoms with Crippen LogP contribution in [0, 0.1) is 0 Å². The Morgan fingerprint density at radius 3 is 2.75 bits per heavy atom. The Morgan fingerprint density at radius 2 is 1.96 bits per heavy atom. The number of aryl methyl sites for hydroxylation is 1. The lowest BCUT2D eigenvalue weighted by atomic mass is 10.1. The number of amides is 1. The summed E-state index contributed by atoms with van der Waals surface area (Å²) in [6, 6.07) is 14.5. The van der Waals surface area contributed by atoms with Crippen LogP contribution in [0.4, 0.5) is 0 Å². The van der Waals surface area contributed by atoms with Gasteiger partial charge in [0, 0.05) is 25.4 Å². The first-order chi connectivity index (χ1) is 13.5. The fraction of sp³-hybridized carbons (Fsp3) is 0.238. The fourth-order valence-corrected chi connectivity index (χ4v) is 3.21. The van der Waals surface area contributed by atoms with Crippen LogP contribution in [0.2, 0.25) is 10.0 Å². The van der Waals surface area contributed by atoms with Gasteiger partial charge in [0.1, 0.15) is 17.4 Å². The molecule has 1 amide bonds. The van der Waals surface area contributed by atoms with Gasteiger partial charge in [-0.15, -0.1) is 0 Å². The third-order valence-electron chi connectivity index (χ3n) is 4.33. The molecule has 1 heterocycles. The third kappa shape index (κ3) is 4.66. The number of hydrogen-bond donors (Lipinski definition) is 0. The highest BCUT2D eigenvalue weighted by Crippen LogP contribution is 2.32. The maximum Gasteiger partial charge on any atom is 0.253 e. The number of carbonyl (C=O) groups is 1. The Kier molecular flexibility index (Phi) is 6.60. The standard InChI is InChI=1S/C21H21Cl2N3O2/c1-3-26-17(10-11-24-26)13-25(2)21(27)16-7-4-6-15(12-16)14-28-19-9-5-8-18(22)20(19)23/h4-12H,3,13-14H2,1-2H3. The second kappa shape index (κ2) is 9.13. The van der Waals surface area contributed by atoms with Crippen molar-refractivity contribution in [2.24, 2.45) is 0 Å². The Bertz CT molecular complexity index is 972. The highest BCUT2D eigenvalue weighted by molar-refractivity contribution is 6.42. The number of rotatable bonds is 7. The summed E-state index contributed by atoms with van der Waals surface area (Å²) in [7, 11) is 1.78. The second-order valence-corrected chi connectivity index (χ2v) is 7.13. The molecule has 0 atom stereocenters. The first kappa shape index (κ1) is 20.2. The molecule has 0 radical (unpaired) electrons. The SMILES string of the molecule is CCn1nccc1CN(C)C(=O)c1cccc(COc2cccc(Cl)c2Cl)c1. The summed E-state index contributed by atoms with van der Waals surface area (Å²) in [5.41, 5.74) is 2.46. The summed E-state index contributed by atoms with van der Waals surface area (Å²) in [4.78, 5) is 14.5. The van der Waals surface area contributed by atoms with E-state index in [9.17, 15) is 4.79 Å². The molecule has 0 N–H and O–H groups in total. The fourth-order valence-electron chi connectivity index (χ4n) is 2.87. The predicted molar refractivity (Wildman–Crippen MR) is 111 cm³/mol. The smallest absolute Gasteiger partial charge is 0.253 e. The molecule has 0 fully saturated rings. The summed E-state index contributed by atoms with van der Waals surface area (Å²) in [5.74, 6) is 0.447. The van der Waals surface area contributed by atoms with E-state index in [4.69, 9.17) is 27.9 Å². The summed E-state index contributed by atoms with van der Waals surface area (Å²) in [6.07, 6.45) is 1.75. The minimum atomic E-state index is -0.0634. The second-order valence-electron chi connectivity index (χ2n) is 6.34. The zero-order valence-electron chi connectivity index (χ0n) is 15.7. The van der Waals surface area contributed by atoms with E-state index >= 15 is 0 Å². The average Bonchev–Trinajstić information content (AvgIpc) is 3.15. The maximum atomic E-state index is 12.8. The predicted octanol–water partition coefficient (Wildman–Crippen LogP) is 5.06. The Hall–Kier alpha value is -2.50. The van der Waals surface area contributed by atoms with E-state index in [0.29, 0.717) is 27.9 Å². The van der Waals surface area contributed by atoms with Gasteiger partial charge >= 0.3 is 0 Å². The van der Waals surface area contributed by atoms with E-state index in [1.807, 2.05) is 35.9 Å². The lowest BCUT2D eigenvalue weighted by Gasteiger charge is -2.18. The number of halogens is 2. The van der Waals surface area contributed by atoms with E-state index in [1.54, 1.807) is 42.4 Å². The highest BCUT2D eigenvalue weighted by atomic mass is 35.5. The number of carbonyl (C=O) groups excluding carboxylic acids is 1. The maximum absolute atomic E-state index is 12.8. The van der Waals surface area contributed by atoms with Gasteiger partial charge in [-0.2, -0.15) is 5.10 Å². The van der Waals surface area contributed by atoms with Gasteiger partial charge in [-0.25, -0.2) is 0 Å². The zero-order chi connectivity index (χ0) is 20.1. The van der Waals surface area contributed by atoms with E-state index < -0.39 is 0 Å². The van der Waals surface area contributed by atoms with Gasteiger partial charge in [0.2, 0.25) is 0 Å². The van der Waals surface area contributed by atoms with E-state index in [-0.39, 0.29) is 12.5 Å². The van der Waals surface area contributed by atoms with Gasteiger partial charge in [0.15, 0.2) is 0 Å². The van der Waals surface area contributed by atoms with Crippen LogP contribution in [0.5, 0.6) is 5.75 Å². The zero-order valence-corrected chi connectivity index (χ0v) is 17.2. The number of ether oxygens (including phenoxy) is 1. The Balaban J connectivity index is 1.68. The monoisotopic (exact) mass is 417 g/mol. The molecule has 0 aliphatic heterocycles. The molecule has 0 aliphatic carbocycles. The quantitative estimate of drug-likeness (QED) is 0.539. The number of hydrogen-bond acceptors (Lipinski definition) is 3. The summed E-state index contributed by atoms with van der Waals surface area (Å²) >= 11 is 12.2. The molecule has 1 aromatic heterocycles. The molecular formula is C21H21Cl2N3O2. The normalized spacial score (nSPS) is 10.7. The van der Waals surface area contributed by atoms with Crippen molar-refractivity contribution in [2.45, 2.75) is 26.6 Å². The lowest BCUT2D eigenvalue weighted by molar-refractivity contribution is 0.0781. The first-order valence-electron chi connectivity index (χ1n) is 8.91. The summed E-state index contributed by atoms with van der Waals surface area (Å²) in [6.45, 7) is 3.57. The van der Waals surface area contributed by atoms with Crippen LogP contribution in [0.15, 0.2) is 54.7 Å². The molecule has 7 heteroatoms. The van der Waals surface area contributed by atoms with Crippen LogP contribution in [0.3, 0.4) is 0 Å². The number of aromatic nitrogens is 2. The van der Waals surface area contributed by atoms with Gasteiger partial charge in [0.05, 0.1) is 17.3 Å². The van der Waals surface area contributed by atoms with Crippen molar-refractivity contribution in [3.63, 3.8) is 0 Å². The van der Waals surface area contributed by atoms with Crippen LogP contribution in [-0.4, -0.2) is 27.6 Å². The highest BCUT2D eigenvalue weighted by Gasteiger charge is 2.15. The van der Waals surface area contributed by atoms with Gasteiger partial charge < -0.3 is 9.64 Å². The van der Waals surface area contributed by atoms with Crippen LogP contribution in [0.1, 0.15) is 28.5 Å². The molecule has 0 spiro atoms. The van der Waals surface area contributed by atoms with Crippen molar-refractivity contribution >= 4 is 29.1 Å². The molecule has 3 aromatic rings. The van der Waals surface area contributed by atoms with Crippen LogP contribution in [0.25, 0.3) is 0 Å². The molecule has 5 nitrogen and oxygen atoms in total. The summed E-state index contributed by atoms with van der Waals surface area (Å²) < 4.78 is 7.64. The first-order valence-corrected chi connectivity index (χ1v) is 9.67. The molecule has 146 valence electrons. The van der Waals surface area contributed by atoms with E-state index in [2.05, 4.69) is 5.10 Å². The van der Waals surface area contributed by atoms with Crippen molar-refractivity contribution < 1.29 is 9.53 Å². The number of nitrogens with zero attached hydrogens (tertiary/aromatic N) is 3. The van der Waals surface area contributed by atoms with Crippen LogP contribution in [-0.2, 0) is 19.7 Å². The molecule has 0 saturated heterocycles. The van der Waals surface area contributed by atoms with Crippen molar-refractivity contribution in [3.05, 3.63) is 81.6 Å². The number of benzene rings is 2. The van der Waals surface area contributed by atoms with Gasteiger partial charge in [-0.05, 0) is 42.8 Å². The van der Waals surface area contributed by atoms with Gasteiger partial charge in [0.25, 0.3) is 5.91 Å². The molecule has 3 rings (SSSR count). The lowest BCUT2D eigenvalue weighted by Crippen LogP contribution is -2.27. The molecule has 0 aliphatic rings. The molecule has 2 aromatic carbocycles. The topological polar surface area (TPSA) is 47.4 Å². The molecule has 0 bridgehead atoms. The van der Waals surface area contributed by atoms with Gasteiger partial charge in [-0.1, -0.05) is 41.4 Å². The van der Waals surface area contributed by atoms with Crippen LogP contribution < -0.4 is 4.74 Å². The summed E-state index contributed by atoms with van der Waals surface area (Å²) in [5, 5.41) is 5.06.